The maximum Gasteiger partial charge on any atom is 0.324 e. The Kier molecular flexibility index (Phi) is 8.46. The monoisotopic (exact) mass is 647 g/mol. The predicted octanol–water partition coefficient (Wildman–Crippen LogP) is 5.21. The van der Waals surface area contributed by atoms with Crippen LogP contribution >= 0.6 is 22.6 Å². The van der Waals surface area contributed by atoms with Crippen molar-refractivity contribution < 1.29 is 27.5 Å². The minimum Gasteiger partial charge on any atom is -0.465 e. The van der Waals surface area contributed by atoms with Crippen molar-refractivity contribution in [2.45, 2.75) is 45.1 Å². The molecular formula is C29H30INO6S. The number of fused-ring (bicyclic) bond motifs is 1. The number of carbonyl (C=O) groups excluding carboxylic acids is 2. The molecule has 1 aliphatic carbocycles. The molecule has 0 radical (unpaired) electrons. The van der Waals surface area contributed by atoms with Gasteiger partial charge >= 0.3 is 11.9 Å². The van der Waals surface area contributed by atoms with Gasteiger partial charge in [-0.2, -0.15) is 0 Å². The summed E-state index contributed by atoms with van der Waals surface area (Å²) in [7, 11) is -3.89. The van der Waals surface area contributed by atoms with Crippen molar-refractivity contribution in [1.29, 1.82) is 0 Å². The molecule has 0 aromatic heterocycles. The molecule has 0 aliphatic heterocycles. The summed E-state index contributed by atoms with van der Waals surface area (Å²) in [4.78, 5) is 26.1. The van der Waals surface area contributed by atoms with Crippen LogP contribution in [0.3, 0.4) is 0 Å². The molecule has 0 spiro atoms. The number of sulfonamides is 1. The summed E-state index contributed by atoms with van der Waals surface area (Å²) in [5.41, 5.74) is 2.49. The van der Waals surface area contributed by atoms with E-state index < -0.39 is 27.4 Å². The van der Waals surface area contributed by atoms with E-state index in [9.17, 15) is 18.0 Å². The van der Waals surface area contributed by atoms with Gasteiger partial charge < -0.3 is 9.47 Å². The van der Waals surface area contributed by atoms with Gasteiger partial charge in [-0.3, -0.25) is 13.9 Å². The first-order chi connectivity index (χ1) is 18.1. The number of hydrogen-bond acceptors (Lipinski definition) is 6. The molecule has 38 heavy (non-hydrogen) atoms. The molecular weight excluding hydrogens is 617 g/mol. The summed E-state index contributed by atoms with van der Waals surface area (Å²) in [6.07, 6.45) is 0.323. The normalized spacial score (nSPS) is 14.0. The Balaban J connectivity index is 1.72. The molecule has 0 N–H and O–H groups in total. The third-order valence-electron chi connectivity index (χ3n) is 6.64. The molecule has 0 unspecified atom stereocenters. The van der Waals surface area contributed by atoms with Crippen LogP contribution in [0.2, 0.25) is 0 Å². The fourth-order valence-corrected chi connectivity index (χ4v) is 7.01. The van der Waals surface area contributed by atoms with Crippen molar-refractivity contribution in [1.82, 2.24) is 0 Å². The number of benzene rings is 3. The van der Waals surface area contributed by atoms with Gasteiger partial charge in [0.05, 0.1) is 30.3 Å². The number of anilines is 1. The number of aryl methyl sites for hydroxylation is 1. The van der Waals surface area contributed by atoms with E-state index in [4.69, 9.17) is 9.47 Å². The second-order valence-electron chi connectivity index (χ2n) is 9.26. The third-order valence-corrected chi connectivity index (χ3v) is 9.33. The summed E-state index contributed by atoms with van der Waals surface area (Å²) in [5, 5.41) is 0. The van der Waals surface area contributed by atoms with Gasteiger partial charge in [0.25, 0.3) is 10.0 Å². The van der Waals surface area contributed by atoms with Gasteiger partial charge in [-0.15, -0.1) is 0 Å². The van der Waals surface area contributed by atoms with Crippen LogP contribution in [-0.2, 0) is 48.5 Å². The highest BCUT2D eigenvalue weighted by atomic mass is 127. The standard InChI is InChI=1S/C29H30INO6S/c1-4-36-27(32)29(28(33)37-5-2)17-22-13-12-21(16-23(22)18-29)19-31(26-9-7-6-8-25(26)30)38(34,35)24-14-10-20(3)11-15-24/h6-16H,4-5,17-19H2,1-3H3. The van der Waals surface area contributed by atoms with Crippen LogP contribution in [0.5, 0.6) is 0 Å². The Morgan fingerprint density at radius 3 is 2.11 bits per heavy atom. The van der Waals surface area contributed by atoms with Gasteiger partial charge in [0.2, 0.25) is 0 Å². The first kappa shape index (κ1) is 28.1. The number of esters is 2. The number of carbonyl (C=O) groups is 2. The summed E-state index contributed by atoms with van der Waals surface area (Å²) in [6.45, 7) is 5.70. The smallest absolute Gasteiger partial charge is 0.324 e. The molecule has 7 nitrogen and oxygen atoms in total. The number of hydrogen-bond donors (Lipinski definition) is 0. The molecule has 3 aromatic carbocycles. The van der Waals surface area contributed by atoms with E-state index >= 15 is 0 Å². The zero-order valence-electron chi connectivity index (χ0n) is 21.6. The second kappa shape index (κ2) is 11.4. The van der Waals surface area contributed by atoms with Crippen LogP contribution in [0.4, 0.5) is 5.69 Å². The Morgan fingerprint density at radius 1 is 0.895 bits per heavy atom. The first-order valence-corrected chi connectivity index (χ1v) is 14.9. The maximum absolute atomic E-state index is 13.9. The predicted molar refractivity (Wildman–Crippen MR) is 153 cm³/mol. The maximum atomic E-state index is 13.9. The third kappa shape index (κ3) is 5.44. The van der Waals surface area contributed by atoms with Gasteiger partial charge in [0.15, 0.2) is 5.41 Å². The molecule has 0 amide bonds. The lowest BCUT2D eigenvalue weighted by Gasteiger charge is -2.26. The topological polar surface area (TPSA) is 90.0 Å². The molecule has 0 fully saturated rings. The van der Waals surface area contributed by atoms with Crippen LogP contribution in [-0.4, -0.2) is 33.6 Å². The molecule has 0 heterocycles. The SMILES string of the molecule is CCOC(=O)C1(C(=O)OCC)Cc2ccc(CN(c3ccccc3I)S(=O)(=O)c3ccc(C)cc3)cc2C1. The van der Waals surface area contributed by atoms with Crippen molar-refractivity contribution in [3.05, 3.63) is 92.6 Å². The molecule has 0 saturated carbocycles. The zero-order chi connectivity index (χ0) is 27.5. The lowest BCUT2D eigenvalue weighted by Crippen LogP contribution is -2.43. The minimum atomic E-state index is -3.89. The first-order valence-electron chi connectivity index (χ1n) is 12.4. The van der Waals surface area contributed by atoms with Crippen molar-refractivity contribution in [3.63, 3.8) is 0 Å². The molecule has 4 rings (SSSR count). The highest BCUT2D eigenvalue weighted by Gasteiger charge is 2.53. The Hall–Kier alpha value is -2.92. The molecule has 0 saturated heterocycles. The Bertz CT molecular complexity index is 1430. The zero-order valence-corrected chi connectivity index (χ0v) is 24.5. The van der Waals surface area contributed by atoms with Crippen LogP contribution in [0.1, 0.15) is 36.1 Å². The van der Waals surface area contributed by atoms with Crippen LogP contribution in [0.15, 0.2) is 71.6 Å². The van der Waals surface area contributed by atoms with E-state index in [1.807, 2.05) is 43.3 Å². The molecule has 200 valence electrons. The van der Waals surface area contributed by atoms with Crippen molar-refractivity contribution in [2.75, 3.05) is 17.5 Å². The van der Waals surface area contributed by atoms with Gasteiger partial charge in [0, 0.05) is 3.57 Å². The van der Waals surface area contributed by atoms with Gasteiger partial charge in [0.1, 0.15) is 0 Å². The van der Waals surface area contributed by atoms with E-state index in [0.717, 1.165) is 25.8 Å². The average Bonchev–Trinajstić information content (AvgIpc) is 3.29. The molecule has 0 bridgehead atoms. The fraction of sp³-hybridized carbons (Fsp3) is 0.310. The lowest BCUT2D eigenvalue weighted by molar-refractivity contribution is -0.171. The van der Waals surface area contributed by atoms with E-state index in [2.05, 4.69) is 22.6 Å². The quantitative estimate of drug-likeness (QED) is 0.180. The summed E-state index contributed by atoms with van der Waals surface area (Å²) < 4.78 is 40.5. The largest absolute Gasteiger partial charge is 0.465 e. The molecule has 3 aromatic rings. The van der Waals surface area contributed by atoms with Crippen LogP contribution in [0, 0.1) is 15.9 Å². The number of rotatable bonds is 9. The molecule has 0 atom stereocenters. The highest BCUT2D eigenvalue weighted by molar-refractivity contribution is 14.1. The summed E-state index contributed by atoms with van der Waals surface area (Å²) >= 11 is 2.14. The van der Waals surface area contributed by atoms with E-state index in [1.54, 1.807) is 44.2 Å². The van der Waals surface area contributed by atoms with E-state index in [1.165, 1.54) is 4.31 Å². The Morgan fingerprint density at radius 2 is 1.50 bits per heavy atom. The van der Waals surface area contributed by atoms with E-state index in [-0.39, 0.29) is 37.5 Å². The molecule has 1 aliphatic rings. The van der Waals surface area contributed by atoms with Crippen molar-refractivity contribution in [2.24, 2.45) is 5.41 Å². The number of para-hydroxylation sites is 1. The number of halogens is 1. The van der Waals surface area contributed by atoms with Crippen molar-refractivity contribution >= 4 is 50.2 Å². The van der Waals surface area contributed by atoms with Crippen LogP contribution < -0.4 is 4.31 Å². The fourth-order valence-electron chi connectivity index (χ4n) is 4.69. The Labute approximate surface area is 237 Å². The summed E-state index contributed by atoms with van der Waals surface area (Å²) in [6, 6.07) is 19.7. The molecule has 9 heteroatoms. The number of ether oxygens (including phenoxy) is 2. The van der Waals surface area contributed by atoms with Gasteiger partial charge in [-0.1, -0.05) is 48.0 Å². The van der Waals surface area contributed by atoms with Gasteiger partial charge in [-0.25, -0.2) is 8.42 Å². The summed E-state index contributed by atoms with van der Waals surface area (Å²) in [5.74, 6) is -1.20. The average molecular weight is 648 g/mol. The van der Waals surface area contributed by atoms with Crippen molar-refractivity contribution in [3.8, 4) is 0 Å². The minimum absolute atomic E-state index is 0.0787. The highest BCUT2D eigenvalue weighted by Crippen LogP contribution is 2.40. The number of nitrogens with zero attached hydrogens (tertiary/aromatic N) is 1. The van der Waals surface area contributed by atoms with Crippen LogP contribution in [0.25, 0.3) is 0 Å². The van der Waals surface area contributed by atoms with E-state index in [0.29, 0.717) is 5.69 Å². The lowest BCUT2D eigenvalue weighted by atomic mass is 9.84. The van der Waals surface area contributed by atoms with Gasteiger partial charge in [-0.05, 0) is 97.2 Å². The second-order valence-corrected chi connectivity index (χ2v) is 12.3.